The maximum Gasteiger partial charge on any atom is 0.0846 e. The van der Waals surface area contributed by atoms with Crippen LogP contribution in [0.5, 0.6) is 0 Å². The summed E-state index contributed by atoms with van der Waals surface area (Å²) in [7, 11) is 0. The molecule has 2 aromatic carbocycles. The van der Waals surface area contributed by atoms with Gasteiger partial charge >= 0.3 is 0 Å². The van der Waals surface area contributed by atoms with Crippen molar-refractivity contribution in [3.8, 4) is 11.1 Å². The fourth-order valence-electron chi connectivity index (χ4n) is 5.26. The smallest absolute Gasteiger partial charge is 0.0846 e. The molecule has 0 saturated heterocycles. The van der Waals surface area contributed by atoms with Gasteiger partial charge in [0.1, 0.15) is 0 Å². The van der Waals surface area contributed by atoms with Gasteiger partial charge in [-0.1, -0.05) is 92.8 Å². The van der Waals surface area contributed by atoms with Crippen LogP contribution in [-0.2, 0) is 5.41 Å². The highest BCUT2D eigenvalue weighted by Crippen LogP contribution is 2.49. The Balaban J connectivity index is 1.43. The third-order valence-electron chi connectivity index (χ3n) is 7.07. The Morgan fingerprint density at radius 2 is 1.91 bits per heavy atom. The lowest BCUT2D eigenvalue weighted by atomic mass is 9.80. The van der Waals surface area contributed by atoms with Gasteiger partial charge < -0.3 is 5.32 Å². The summed E-state index contributed by atoms with van der Waals surface area (Å²) in [5.41, 5.74) is 10.6. The Kier molecular flexibility index (Phi) is 5.09. The van der Waals surface area contributed by atoms with Crippen molar-refractivity contribution in [3.63, 3.8) is 0 Å². The van der Waals surface area contributed by atoms with E-state index >= 15 is 0 Å². The zero-order chi connectivity index (χ0) is 22.3. The van der Waals surface area contributed by atoms with Crippen LogP contribution < -0.4 is 5.32 Å². The van der Waals surface area contributed by atoms with E-state index in [-0.39, 0.29) is 11.5 Å². The fraction of sp³-hybridized carbons (Fsp3) is 0.233. The molecule has 1 aliphatic heterocycles. The number of fused-ring (bicyclic) bond motifs is 3. The molecule has 0 aromatic heterocycles. The van der Waals surface area contributed by atoms with Crippen molar-refractivity contribution in [3.05, 3.63) is 119 Å². The molecule has 0 radical (unpaired) electrons. The fourth-order valence-corrected chi connectivity index (χ4v) is 5.26. The molecule has 5 rings (SSSR count). The second-order valence-corrected chi connectivity index (χ2v) is 9.39. The summed E-state index contributed by atoms with van der Waals surface area (Å²) < 4.78 is 0. The Morgan fingerprint density at radius 3 is 2.75 bits per heavy atom. The highest BCUT2D eigenvalue weighted by Gasteiger charge is 2.36. The molecule has 2 N–H and O–H groups in total. The van der Waals surface area contributed by atoms with Crippen LogP contribution in [0.1, 0.15) is 55.8 Å². The van der Waals surface area contributed by atoms with Gasteiger partial charge in [0.2, 0.25) is 0 Å². The molecule has 3 aliphatic rings. The predicted molar refractivity (Wildman–Crippen MR) is 135 cm³/mol. The lowest BCUT2D eigenvalue weighted by Crippen LogP contribution is -2.32. The maximum absolute atomic E-state index is 8.78. The third kappa shape index (κ3) is 3.31. The first-order valence-corrected chi connectivity index (χ1v) is 11.5. The van der Waals surface area contributed by atoms with Crippen molar-refractivity contribution < 1.29 is 0 Å². The van der Waals surface area contributed by atoms with Gasteiger partial charge in [-0.05, 0) is 52.7 Å². The normalized spacial score (nSPS) is 22.0. The molecule has 2 nitrogen and oxygen atoms in total. The van der Waals surface area contributed by atoms with E-state index in [9.17, 15) is 0 Å². The Bertz CT molecular complexity index is 1230. The van der Waals surface area contributed by atoms with E-state index in [0.29, 0.717) is 5.71 Å². The number of allylic oxidation sites excluding steroid dienone is 8. The topological polar surface area (TPSA) is 35.9 Å². The second-order valence-electron chi connectivity index (χ2n) is 9.39. The van der Waals surface area contributed by atoms with Crippen LogP contribution in [0.2, 0.25) is 0 Å². The number of hydrogen-bond acceptors (Lipinski definition) is 2. The first-order chi connectivity index (χ1) is 15.5. The quantitative estimate of drug-likeness (QED) is 0.501. The van der Waals surface area contributed by atoms with Crippen molar-refractivity contribution in [2.45, 2.75) is 44.6 Å². The van der Waals surface area contributed by atoms with Crippen molar-refractivity contribution in [2.24, 2.45) is 0 Å². The van der Waals surface area contributed by atoms with Gasteiger partial charge in [-0.25, -0.2) is 0 Å². The zero-order valence-electron chi connectivity index (χ0n) is 18.9. The summed E-state index contributed by atoms with van der Waals surface area (Å²) in [5.74, 6) is 0. The first-order valence-electron chi connectivity index (χ1n) is 11.5. The predicted octanol–water partition coefficient (Wildman–Crippen LogP) is 7.32. The van der Waals surface area contributed by atoms with Gasteiger partial charge in [0.05, 0.1) is 17.5 Å². The molecule has 1 atom stereocenters. The van der Waals surface area contributed by atoms with Crippen molar-refractivity contribution >= 4 is 5.71 Å². The maximum atomic E-state index is 8.78. The van der Waals surface area contributed by atoms with Crippen molar-refractivity contribution in [1.82, 2.24) is 5.32 Å². The molecule has 2 heteroatoms. The molecule has 160 valence electrons. The summed E-state index contributed by atoms with van der Waals surface area (Å²) in [4.78, 5) is 0. The molecule has 1 unspecified atom stereocenters. The standard InChI is InChI=1S/C30H30N2/c1-4-5-6-7-10-20-13-14-21-16-18-27(32-29(21)28(20)31)22-15-17-24-23-11-8-9-12-25(23)30(2,3)26(24)19-22/h4,6-15,17,19,27,31-32H,1,5,16,18H2,2-3H3/b7-6+,20-10-,31-28?. The van der Waals surface area contributed by atoms with Crippen molar-refractivity contribution in [1.29, 1.82) is 5.41 Å². The van der Waals surface area contributed by atoms with E-state index < -0.39 is 0 Å². The minimum Gasteiger partial charge on any atom is -0.376 e. The molecule has 1 heterocycles. The lowest BCUT2D eigenvalue weighted by Gasteiger charge is -2.32. The van der Waals surface area contributed by atoms with Gasteiger partial charge in [-0.2, -0.15) is 0 Å². The number of rotatable bonds is 4. The van der Waals surface area contributed by atoms with E-state index in [4.69, 9.17) is 5.41 Å². The minimum atomic E-state index is 0.00892. The summed E-state index contributed by atoms with van der Waals surface area (Å²) >= 11 is 0. The SMILES string of the molecule is C=CC/C=C/C=C1/C=CC2=C(NC(c3ccc4c(c3)C(C)(C)c3ccccc3-4)CC2)C1=N. The van der Waals surface area contributed by atoms with Crippen LogP contribution in [0.3, 0.4) is 0 Å². The summed E-state index contributed by atoms with van der Waals surface area (Å²) in [6.07, 6.45) is 15.1. The van der Waals surface area contributed by atoms with Crippen LogP contribution in [0.15, 0.2) is 102 Å². The van der Waals surface area contributed by atoms with E-state index in [1.54, 1.807) is 0 Å². The molecular formula is C30H30N2. The van der Waals surface area contributed by atoms with Crippen LogP contribution in [0.25, 0.3) is 11.1 Å². The summed E-state index contributed by atoms with van der Waals surface area (Å²) in [6, 6.07) is 16.0. The number of benzene rings is 2. The average Bonchev–Trinajstić information content (AvgIpc) is 3.05. The zero-order valence-corrected chi connectivity index (χ0v) is 18.9. The Morgan fingerprint density at radius 1 is 1.09 bits per heavy atom. The van der Waals surface area contributed by atoms with Gasteiger partial charge in [-0.15, -0.1) is 6.58 Å². The highest BCUT2D eigenvalue weighted by molar-refractivity contribution is 6.14. The number of hydrogen-bond donors (Lipinski definition) is 2. The van der Waals surface area contributed by atoms with Gasteiger partial charge in [0.15, 0.2) is 0 Å². The second kappa shape index (κ2) is 7.94. The highest BCUT2D eigenvalue weighted by atomic mass is 15.0. The van der Waals surface area contributed by atoms with E-state index in [2.05, 4.69) is 86.4 Å². The van der Waals surface area contributed by atoms with Gasteiger partial charge in [0.25, 0.3) is 0 Å². The van der Waals surface area contributed by atoms with E-state index in [1.165, 1.54) is 33.4 Å². The van der Waals surface area contributed by atoms with Crippen LogP contribution in [0.4, 0.5) is 0 Å². The van der Waals surface area contributed by atoms with Crippen LogP contribution in [-0.4, -0.2) is 5.71 Å². The van der Waals surface area contributed by atoms with E-state index in [0.717, 1.165) is 30.5 Å². The van der Waals surface area contributed by atoms with Gasteiger partial charge in [0, 0.05) is 11.0 Å². The lowest BCUT2D eigenvalue weighted by molar-refractivity contribution is 0.528. The van der Waals surface area contributed by atoms with Gasteiger partial charge in [-0.3, -0.25) is 5.41 Å². The Labute approximate surface area is 191 Å². The molecule has 2 aliphatic carbocycles. The molecule has 0 fully saturated rings. The monoisotopic (exact) mass is 418 g/mol. The molecule has 0 spiro atoms. The van der Waals surface area contributed by atoms with Crippen LogP contribution in [0, 0.1) is 5.41 Å². The average molecular weight is 419 g/mol. The van der Waals surface area contributed by atoms with E-state index in [1.807, 2.05) is 18.2 Å². The minimum absolute atomic E-state index is 0.00892. The molecule has 2 aromatic rings. The molecule has 32 heavy (non-hydrogen) atoms. The Hall–Kier alpha value is -3.39. The molecule has 0 saturated carbocycles. The molecule has 0 bridgehead atoms. The third-order valence-corrected chi connectivity index (χ3v) is 7.07. The largest absolute Gasteiger partial charge is 0.376 e. The number of nitrogens with one attached hydrogen (secondary N) is 2. The summed E-state index contributed by atoms with van der Waals surface area (Å²) in [6.45, 7) is 8.40. The van der Waals surface area contributed by atoms with Crippen molar-refractivity contribution in [2.75, 3.05) is 0 Å². The first kappa shape index (κ1) is 20.5. The summed E-state index contributed by atoms with van der Waals surface area (Å²) in [5, 5.41) is 12.5. The van der Waals surface area contributed by atoms with Crippen LogP contribution >= 0.6 is 0 Å². The molecule has 0 amide bonds. The molecular weight excluding hydrogens is 388 g/mol.